The van der Waals surface area contributed by atoms with Gasteiger partial charge in [-0.3, -0.25) is 24.2 Å². The highest BCUT2D eigenvalue weighted by atomic mass is 16.4. The largest absolute Gasteiger partial charge is 0.481 e. The van der Waals surface area contributed by atoms with E-state index in [4.69, 9.17) is 17.2 Å². The maximum absolute atomic E-state index is 13.2. The number of nitrogens with one attached hydrogen (secondary N) is 4. The van der Waals surface area contributed by atoms with Crippen LogP contribution in [0.25, 0.3) is 10.9 Å². The summed E-state index contributed by atoms with van der Waals surface area (Å²) < 4.78 is 0. The Morgan fingerprint density at radius 2 is 1.55 bits per heavy atom. The van der Waals surface area contributed by atoms with Crippen LogP contribution in [0.1, 0.15) is 45.1 Å². The number of carboxylic acids is 2. The van der Waals surface area contributed by atoms with E-state index >= 15 is 0 Å². The Balaban J connectivity index is 2.20. The summed E-state index contributed by atoms with van der Waals surface area (Å²) in [6.07, 6.45) is 1.35. The smallest absolute Gasteiger partial charge is 0.326 e. The molecule has 0 saturated carbocycles. The standard InChI is InChI=1S/C27H40N8O7/c1-14(2)10-17(28)23(38)33-19(8-5-9-31-27(29)30)24(39)34-20(12-22(36)37)25(40)35-21(26(41)42)11-15-13-32-18-7-4-3-6-16(15)18/h3-4,6-7,13-14,17,19-21,32H,5,8-12,28H2,1-2H3,(H,33,38)(H,34,39)(H,35,40)(H,36,37)(H,41,42)(H4,29,30,31). The summed E-state index contributed by atoms with van der Waals surface area (Å²) in [5, 5.41) is 27.2. The van der Waals surface area contributed by atoms with Crippen LogP contribution in [-0.2, 0) is 30.4 Å². The third-order valence-corrected chi connectivity index (χ3v) is 6.37. The minimum absolute atomic E-state index is 0.0441. The number of hydrogen-bond acceptors (Lipinski definition) is 7. The van der Waals surface area contributed by atoms with Crippen molar-refractivity contribution in [3.63, 3.8) is 0 Å². The normalized spacial score (nSPS) is 13.9. The number of aromatic nitrogens is 1. The highest BCUT2D eigenvalue weighted by Gasteiger charge is 2.32. The lowest BCUT2D eigenvalue weighted by atomic mass is 10.0. The molecule has 0 radical (unpaired) electrons. The molecule has 0 fully saturated rings. The number of rotatable bonds is 17. The van der Waals surface area contributed by atoms with Crippen molar-refractivity contribution in [1.82, 2.24) is 20.9 Å². The summed E-state index contributed by atoms with van der Waals surface area (Å²) in [7, 11) is 0. The fraction of sp³-hybridized carbons (Fsp3) is 0.481. The average Bonchev–Trinajstić information content (AvgIpc) is 3.31. The number of carbonyl (C=O) groups excluding carboxylic acids is 3. The molecule has 12 N–H and O–H groups in total. The summed E-state index contributed by atoms with van der Waals surface area (Å²) >= 11 is 0. The van der Waals surface area contributed by atoms with Crippen LogP contribution < -0.4 is 33.2 Å². The van der Waals surface area contributed by atoms with Gasteiger partial charge in [-0.2, -0.15) is 0 Å². The SMILES string of the molecule is CC(C)CC(N)C(=O)NC(CCCN=C(N)N)C(=O)NC(CC(=O)O)C(=O)NC(Cc1c[nH]c2ccccc12)C(=O)O. The van der Waals surface area contributed by atoms with Gasteiger partial charge in [0.05, 0.1) is 12.5 Å². The van der Waals surface area contributed by atoms with Crippen molar-refractivity contribution in [2.45, 2.75) is 70.1 Å². The van der Waals surface area contributed by atoms with Gasteiger partial charge in [-0.1, -0.05) is 32.0 Å². The number of benzene rings is 1. The van der Waals surface area contributed by atoms with Crippen LogP contribution in [0.2, 0.25) is 0 Å². The summed E-state index contributed by atoms with van der Waals surface area (Å²) in [5.74, 6) is -5.28. The number of carbonyl (C=O) groups is 5. The molecule has 15 heteroatoms. The van der Waals surface area contributed by atoms with E-state index in [2.05, 4.69) is 25.9 Å². The Bertz CT molecular complexity index is 1290. The molecular weight excluding hydrogens is 548 g/mol. The molecule has 4 unspecified atom stereocenters. The number of fused-ring (bicyclic) bond motifs is 1. The van der Waals surface area contributed by atoms with E-state index in [1.807, 2.05) is 26.0 Å². The van der Waals surface area contributed by atoms with Crippen molar-refractivity contribution in [1.29, 1.82) is 0 Å². The second kappa shape index (κ2) is 16.0. The van der Waals surface area contributed by atoms with Crippen LogP contribution >= 0.6 is 0 Å². The molecule has 0 aliphatic heterocycles. The highest BCUT2D eigenvalue weighted by molar-refractivity contribution is 5.96. The molecular formula is C27H40N8O7. The van der Waals surface area contributed by atoms with E-state index in [9.17, 15) is 34.2 Å². The second-order valence-corrected chi connectivity index (χ2v) is 10.4. The van der Waals surface area contributed by atoms with Crippen LogP contribution in [0, 0.1) is 5.92 Å². The van der Waals surface area contributed by atoms with Gasteiger partial charge in [0.25, 0.3) is 0 Å². The van der Waals surface area contributed by atoms with Crippen LogP contribution in [0.5, 0.6) is 0 Å². The first-order chi connectivity index (χ1) is 19.8. The molecule has 230 valence electrons. The number of aliphatic carboxylic acids is 2. The molecule has 2 rings (SSSR count). The first-order valence-corrected chi connectivity index (χ1v) is 13.5. The van der Waals surface area contributed by atoms with Crippen molar-refractivity contribution >= 4 is 46.5 Å². The van der Waals surface area contributed by atoms with Gasteiger partial charge >= 0.3 is 11.9 Å². The fourth-order valence-corrected chi connectivity index (χ4v) is 4.32. The van der Waals surface area contributed by atoms with E-state index in [0.29, 0.717) is 12.0 Å². The molecule has 1 aromatic carbocycles. The van der Waals surface area contributed by atoms with Gasteiger partial charge in [0.15, 0.2) is 5.96 Å². The Morgan fingerprint density at radius 1 is 0.929 bits per heavy atom. The van der Waals surface area contributed by atoms with Crippen molar-refractivity contribution in [3.8, 4) is 0 Å². The molecule has 1 aromatic heterocycles. The fourth-order valence-electron chi connectivity index (χ4n) is 4.32. The lowest BCUT2D eigenvalue weighted by Gasteiger charge is -2.25. The number of H-pyrrole nitrogens is 1. The number of aromatic amines is 1. The predicted octanol–water partition coefficient (Wildman–Crippen LogP) is -0.849. The molecule has 4 atom stereocenters. The van der Waals surface area contributed by atoms with E-state index < -0.39 is 60.2 Å². The number of guanidine groups is 1. The maximum atomic E-state index is 13.2. The summed E-state index contributed by atoms with van der Waals surface area (Å²) in [5.41, 5.74) is 18.0. The Kier molecular flexibility index (Phi) is 12.7. The summed E-state index contributed by atoms with van der Waals surface area (Å²) in [6, 6.07) is 2.04. The van der Waals surface area contributed by atoms with Crippen LogP contribution in [0.3, 0.4) is 0 Å². The maximum Gasteiger partial charge on any atom is 0.326 e. The zero-order chi connectivity index (χ0) is 31.4. The van der Waals surface area contributed by atoms with Crippen molar-refractivity contribution in [2.24, 2.45) is 28.1 Å². The van der Waals surface area contributed by atoms with Crippen LogP contribution in [0.15, 0.2) is 35.5 Å². The monoisotopic (exact) mass is 588 g/mol. The number of aliphatic imine (C=N–C) groups is 1. The summed E-state index contributed by atoms with van der Waals surface area (Å²) in [6.45, 7) is 3.91. The van der Waals surface area contributed by atoms with Crippen molar-refractivity contribution in [2.75, 3.05) is 6.54 Å². The highest BCUT2D eigenvalue weighted by Crippen LogP contribution is 2.19. The van der Waals surface area contributed by atoms with Gasteiger partial charge in [0.1, 0.15) is 18.1 Å². The number of nitrogens with two attached hydrogens (primary N) is 3. The molecule has 2 aromatic rings. The first-order valence-electron chi connectivity index (χ1n) is 13.5. The molecule has 0 bridgehead atoms. The summed E-state index contributed by atoms with van der Waals surface area (Å²) in [4.78, 5) is 69.5. The Hall–Kier alpha value is -4.66. The van der Waals surface area contributed by atoms with Crippen molar-refractivity contribution in [3.05, 3.63) is 36.0 Å². The number of para-hydroxylation sites is 1. The molecule has 42 heavy (non-hydrogen) atoms. The van der Waals surface area contributed by atoms with Gasteiger partial charge in [-0.15, -0.1) is 0 Å². The van der Waals surface area contributed by atoms with E-state index in [1.165, 1.54) is 0 Å². The molecule has 0 saturated heterocycles. The second-order valence-electron chi connectivity index (χ2n) is 10.4. The zero-order valence-electron chi connectivity index (χ0n) is 23.6. The number of carboxylic acid groups (broad SMARTS) is 2. The lowest BCUT2D eigenvalue weighted by molar-refractivity contribution is -0.143. The average molecular weight is 589 g/mol. The van der Waals surface area contributed by atoms with Crippen LogP contribution in [-0.4, -0.2) is 81.5 Å². The van der Waals surface area contributed by atoms with Crippen LogP contribution in [0.4, 0.5) is 0 Å². The molecule has 0 aliphatic rings. The van der Waals surface area contributed by atoms with E-state index in [1.54, 1.807) is 18.3 Å². The van der Waals surface area contributed by atoms with Gasteiger partial charge in [-0.25, -0.2) is 4.79 Å². The molecule has 0 spiro atoms. The predicted molar refractivity (Wildman–Crippen MR) is 155 cm³/mol. The molecule has 3 amide bonds. The number of hydrogen-bond donors (Lipinski definition) is 9. The topological polar surface area (TPSA) is 268 Å². The lowest BCUT2D eigenvalue weighted by Crippen LogP contribution is -2.57. The molecule has 15 nitrogen and oxygen atoms in total. The zero-order valence-corrected chi connectivity index (χ0v) is 23.6. The van der Waals surface area contributed by atoms with E-state index in [-0.39, 0.29) is 37.7 Å². The third kappa shape index (κ3) is 10.7. The molecule has 1 heterocycles. The number of amides is 3. The van der Waals surface area contributed by atoms with Gasteiger partial charge in [0, 0.05) is 30.1 Å². The Morgan fingerprint density at radius 3 is 2.17 bits per heavy atom. The number of nitrogens with zero attached hydrogens (tertiary/aromatic N) is 1. The van der Waals surface area contributed by atoms with Gasteiger partial charge < -0.3 is 48.3 Å². The quantitative estimate of drug-likeness (QED) is 0.0627. The first kappa shape index (κ1) is 33.5. The van der Waals surface area contributed by atoms with E-state index in [0.717, 1.165) is 10.9 Å². The Labute approximate surface area is 242 Å². The van der Waals surface area contributed by atoms with Gasteiger partial charge in [-0.05, 0) is 36.8 Å². The minimum Gasteiger partial charge on any atom is -0.481 e. The van der Waals surface area contributed by atoms with Crippen molar-refractivity contribution < 1.29 is 34.2 Å². The van der Waals surface area contributed by atoms with Gasteiger partial charge in [0.2, 0.25) is 17.7 Å². The minimum atomic E-state index is -1.64. The third-order valence-electron chi connectivity index (χ3n) is 6.37. The molecule has 0 aliphatic carbocycles.